The molecule has 10 heteroatoms. The zero-order valence-corrected chi connectivity index (χ0v) is 16.9. The number of fused-ring (bicyclic) bond motifs is 1. The average Bonchev–Trinajstić information content (AvgIpc) is 2.95. The van der Waals surface area contributed by atoms with Crippen molar-refractivity contribution in [3.63, 3.8) is 0 Å². The Morgan fingerprint density at radius 3 is 2.57 bits per heavy atom. The van der Waals surface area contributed by atoms with Crippen LogP contribution in [-0.4, -0.2) is 31.8 Å². The molecule has 0 aliphatic carbocycles. The molecule has 0 spiro atoms. The van der Waals surface area contributed by atoms with Gasteiger partial charge in [0.1, 0.15) is 22.8 Å². The Hall–Kier alpha value is -3.95. The first-order valence-electron chi connectivity index (χ1n) is 9.14. The van der Waals surface area contributed by atoms with Crippen molar-refractivity contribution < 1.29 is 9.13 Å². The Balaban J connectivity index is 1.83. The molecule has 4 rings (SSSR count). The number of anilines is 4. The Bertz CT molecular complexity index is 1290. The van der Waals surface area contributed by atoms with Gasteiger partial charge >= 0.3 is 0 Å². The number of benzene rings is 1. The van der Waals surface area contributed by atoms with Crippen LogP contribution in [0.25, 0.3) is 11.0 Å². The molecule has 0 saturated carbocycles. The van der Waals surface area contributed by atoms with Gasteiger partial charge in [-0.3, -0.25) is 14.6 Å². The van der Waals surface area contributed by atoms with Crippen LogP contribution in [-0.2, 0) is 7.05 Å². The van der Waals surface area contributed by atoms with Gasteiger partial charge in [0.2, 0.25) is 0 Å². The van der Waals surface area contributed by atoms with Crippen molar-refractivity contribution in [3.8, 4) is 5.75 Å². The van der Waals surface area contributed by atoms with E-state index in [1.165, 1.54) is 17.9 Å². The average molecular weight is 409 g/mol. The zero-order chi connectivity index (χ0) is 21.4. The summed E-state index contributed by atoms with van der Waals surface area (Å²) in [5.74, 6) is 1.17. The highest BCUT2D eigenvalue weighted by Gasteiger charge is 2.16. The van der Waals surface area contributed by atoms with Gasteiger partial charge < -0.3 is 15.4 Å². The lowest BCUT2D eigenvalue weighted by Gasteiger charge is -2.13. The second kappa shape index (κ2) is 7.47. The molecule has 0 saturated heterocycles. The number of pyridine rings is 1. The molecule has 3 N–H and O–H groups in total. The molecule has 0 aliphatic rings. The first-order valence-corrected chi connectivity index (χ1v) is 9.14. The van der Waals surface area contributed by atoms with E-state index in [9.17, 15) is 9.18 Å². The summed E-state index contributed by atoms with van der Waals surface area (Å²) in [7, 11) is 2.98. The monoisotopic (exact) mass is 409 g/mol. The number of para-hydroxylation sites is 1. The molecule has 0 aliphatic heterocycles. The van der Waals surface area contributed by atoms with Crippen LogP contribution in [0.2, 0.25) is 0 Å². The maximum atomic E-state index is 14.1. The van der Waals surface area contributed by atoms with Crippen molar-refractivity contribution in [2.75, 3.05) is 17.7 Å². The summed E-state index contributed by atoms with van der Waals surface area (Å²) in [6.45, 7) is 3.67. The number of ether oxygens (including phenoxy) is 1. The third-order valence-electron chi connectivity index (χ3n) is 4.47. The van der Waals surface area contributed by atoms with Gasteiger partial charge in [-0.25, -0.2) is 19.3 Å². The first kappa shape index (κ1) is 19.4. The van der Waals surface area contributed by atoms with Crippen LogP contribution < -0.4 is 20.9 Å². The fraction of sp³-hybridized carbons (Fsp3) is 0.200. The number of nitrogens with zero attached hydrogens (tertiary/aromatic N) is 4. The number of hydrogen-bond donors (Lipinski definition) is 3. The number of rotatable bonds is 5. The van der Waals surface area contributed by atoms with Crippen molar-refractivity contribution in [1.82, 2.24) is 24.7 Å². The van der Waals surface area contributed by atoms with Gasteiger partial charge in [-0.1, -0.05) is 6.07 Å². The molecule has 0 bridgehead atoms. The maximum absolute atomic E-state index is 14.1. The molecule has 9 nitrogen and oxygen atoms in total. The van der Waals surface area contributed by atoms with Crippen molar-refractivity contribution in [1.29, 1.82) is 0 Å². The molecule has 0 atom stereocenters. The lowest BCUT2D eigenvalue weighted by molar-refractivity contribution is 0.388. The number of hydrogen-bond acceptors (Lipinski definition) is 7. The predicted molar refractivity (Wildman–Crippen MR) is 112 cm³/mol. The Kier molecular flexibility index (Phi) is 4.82. The number of aromatic nitrogens is 5. The van der Waals surface area contributed by atoms with Crippen LogP contribution in [0.5, 0.6) is 5.75 Å². The van der Waals surface area contributed by atoms with Gasteiger partial charge in [0.15, 0.2) is 17.2 Å². The van der Waals surface area contributed by atoms with Gasteiger partial charge in [-0.2, -0.15) is 0 Å². The summed E-state index contributed by atoms with van der Waals surface area (Å²) in [4.78, 5) is 25.7. The summed E-state index contributed by atoms with van der Waals surface area (Å²) in [6, 6.07) is 7.97. The van der Waals surface area contributed by atoms with Crippen molar-refractivity contribution >= 4 is 34.0 Å². The number of H-pyrrole nitrogens is 1. The van der Waals surface area contributed by atoms with Crippen LogP contribution in [0.4, 0.5) is 27.4 Å². The molecule has 0 radical (unpaired) electrons. The normalized spacial score (nSPS) is 11.0. The number of aromatic amines is 1. The summed E-state index contributed by atoms with van der Waals surface area (Å²) in [5, 5.41) is 9.49. The number of nitrogens with one attached hydrogen (secondary N) is 3. The third kappa shape index (κ3) is 3.54. The lowest BCUT2D eigenvalue weighted by atomic mass is 10.2. The molecule has 0 fully saturated rings. The van der Waals surface area contributed by atoms with Gasteiger partial charge in [-0.15, -0.1) is 0 Å². The van der Waals surface area contributed by atoms with E-state index >= 15 is 0 Å². The van der Waals surface area contributed by atoms with Crippen molar-refractivity contribution in [3.05, 3.63) is 58.0 Å². The highest BCUT2D eigenvalue weighted by Crippen LogP contribution is 2.33. The molecule has 0 amide bonds. The van der Waals surface area contributed by atoms with E-state index in [4.69, 9.17) is 4.74 Å². The molecule has 3 aromatic heterocycles. The molecule has 0 unspecified atom stereocenters. The number of methoxy groups -OCH3 is 1. The smallest absolute Gasteiger partial charge is 0.277 e. The van der Waals surface area contributed by atoms with Crippen LogP contribution in [0.1, 0.15) is 11.5 Å². The van der Waals surface area contributed by atoms with Gasteiger partial charge in [0, 0.05) is 24.9 Å². The van der Waals surface area contributed by atoms with Crippen LogP contribution in [0.3, 0.4) is 0 Å². The van der Waals surface area contributed by atoms with E-state index in [-0.39, 0.29) is 11.3 Å². The van der Waals surface area contributed by atoms with Crippen molar-refractivity contribution in [2.24, 2.45) is 7.05 Å². The van der Waals surface area contributed by atoms with E-state index in [1.807, 2.05) is 6.92 Å². The summed E-state index contributed by atoms with van der Waals surface area (Å²) in [5.41, 5.74) is 1.73. The largest absolute Gasteiger partial charge is 0.492 e. The highest BCUT2D eigenvalue weighted by atomic mass is 19.1. The molecular weight excluding hydrogens is 389 g/mol. The Morgan fingerprint density at radius 1 is 1.07 bits per heavy atom. The molecular formula is C20H20FN7O2. The number of aryl methyl sites for hydroxylation is 3. The van der Waals surface area contributed by atoms with Crippen molar-refractivity contribution in [2.45, 2.75) is 13.8 Å². The third-order valence-corrected chi connectivity index (χ3v) is 4.47. The molecule has 3 heterocycles. The lowest BCUT2D eigenvalue weighted by Crippen LogP contribution is -2.12. The standard InChI is InChI=1S/C20H20FN7O2/c1-10-8-15(23-11(2)22-10)25-16-9-14(17-19(26-16)27-28(3)20(17)29)24-13-7-5-6-12(21)18(13)30-4/h5-9H,1-4H3,(H3,22,23,24,25,26,27). The second-order valence-electron chi connectivity index (χ2n) is 6.77. The van der Waals surface area contributed by atoms with E-state index in [0.717, 1.165) is 5.69 Å². The van der Waals surface area contributed by atoms with E-state index in [1.54, 1.807) is 38.2 Å². The predicted octanol–water partition coefficient (Wildman–Crippen LogP) is 3.30. The topological polar surface area (TPSA) is 110 Å². The Morgan fingerprint density at radius 2 is 1.83 bits per heavy atom. The summed E-state index contributed by atoms with van der Waals surface area (Å²) in [6.07, 6.45) is 0. The fourth-order valence-electron chi connectivity index (χ4n) is 3.25. The van der Waals surface area contributed by atoms with E-state index < -0.39 is 5.82 Å². The second-order valence-corrected chi connectivity index (χ2v) is 6.77. The summed E-state index contributed by atoms with van der Waals surface area (Å²) < 4.78 is 20.6. The SMILES string of the molecule is COc1c(F)cccc1Nc1cc(Nc2cc(C)nc(C)n2)nc2[nH]n(C)c(=O)c12. The minimum atomic E-state index is -0.514. The maximum Gasteiger partial charge on any atom is 0.277 e. The molecule has 154 valence electrons. The van der Waals surface area contributed by atoms with Gasteiger partial charge in [0.25, 0.3) is 5.56 Å². The van der Waals surface area contributed by atoms with Crippen LogP contribution >= 0.6 is 0 Å². The highest BCUT2D eigenvalue weighted by molar-refractivity contribution is 5.93. The first-order chi connectivity index (χ1) is 14.4. The van der Waals surface area contributed by atoms with Gasteiger partial charge in [-0.05, 0) is 26.0 Å². The molecule has 4 aromatic rings. The minimum Gasteiger partial charge on any atom is -0.492 e. The fourth-order valence-corrected chi connectivity index (χ4v) is 3.25. The molecule has 1 aromatic carbocycles. The molecule has 30 heavy (non-hydrogen) atoms. The quantitative estimate of drug-likeness (QED) is 0.464. The zero-order valence-electron chi connectivity index (χ0n) is 16.9. The van der Waals surface area contributed by atoms with E-state index in [2.05, 4.69) is 30.7 Å². The van der Waals surface area contributed by atoms with Gasteiger partial charge in [0.05, 0.1) is 18.5 Å². The summed E-state index contributed by atoms with van der Waals surface area (Å²) >= 11 is 0. The van der Waals surface area contributed by atoms with E-state index in [0.29, 0.717) is 39.9 Å². The van der Waals surface area contributed by atoms with Crippen LogP contribution in [0, 0.1) is 19.7 Å². The Labute approximate surface area is 170 Å². The van der Waals surface area contributed by atoms with Crippen LogP contribution in [0.15, 0.2) is 35.1 Å². The minimum absolute atomic E-state index is 0.0476. The number of halogens is 1.